The van der Waals surface area contributed by atoms with Gasteiger partial charge in [-0.3, -0.25) is 9.59 Å². The molecule has 2 aromatic rings. The van der Waals surface area contributed by atoms with Crippen LogP contribution in [0.3, 0.4) is 0 Å². The maximum absolute atomic E-state index is 13.4. The topological polar surface area (TPSA) is 83.9 Å². The molecule has 0 unspecified atom stereocenters. The molecule has 6 nitrogen and oxygen atoms in total. The molecule has 2 aromatic carbocycles. The molecule has 3 aliphatic rings. The molecule has 0 amide bonds. The van der Waals surface area contributed by atoms with Crippen LogP contribution in [0.2, 0.25) is 10.0 Å². The highest BCUT2D eigenvalue weighted by Crippen LogP contribution is 2.52. The fourth-order valence-electron chi connectivity index (χ4n) is 5.76. The minimum atomic E-state index is -1.00. The molecule has 37 heavy (non-hydrogen) atoms. The summed E-state index contributed by atoms with van der Waals surface area (Å²) < 4.78 is 6.23. The Morgan fingerprint density at radius 2 is 1.57 bits per heavy atom. The van der Waals surface area contributed by atoms with Gasteiger partial charge in [-0.1, -0.05) is 35.3 Å². The van der Waals surface area contributed by atoms with E-state index in [4.69, 9.17) is 33.0 Å². The van der Waals surface area contributed by atoms with Crippen molar-refractivity contribution in [1.29, 1.82) is 0 Å². The van der Waals surface area contributed by atoms with Crippen molar-refractivity contribution in [2.75, 3.05) is 6.54 Å². The number of ether oxygens (including phenoxy) is 1. The number of aromatic carboxylic acids is 1. The van der Waals surface area contributed by atoms with Gasteiger partial charge in [0, 0.05) is 58.4 Å². The number of halogens is 2. The predicted molar refractivity (Wildman–Crippen MR) is 141 cm³/mol. The number of carboxylic acid groups (broad SMARTS) is 1. The van der Waals surface area contributed by atoms with E-state index >= 15 is 0 Å². The van der Waals surface area contributed by atoms with Gasteiger partial charge in [0.05, 0.1) is 10.6 Å². The monoisotopic (exact) mass is 539 g/mol. The van der Waals surface area contributed by atoms with Crippen LogP contribution in [0, 0.1) is 0 Å². The molecule has 0 atom stereocenters. The first-order valence-electron chi connectivity index (χ1n) is 12.5. The molecule has 192 valence electrons. The van der Waals surface area contributed by atoms with Gasteiger partial charge < -0.3 is 14.7 Å². The Kier molecular flexibility index (Phi) is 7.15. The predicted octanol–water partition coefficient (Wildman–Crippen LogP) is 6.70. The lowest BCUT2D eigenvalue weighted by atomic mass is 9.70. The van der Waals surface area contributed by atoms with Crippen LogP contribution in [0.15, 0.2) is 58.9 Å². The van der Waals surface area contributed by atoms with Crippen molar-refractivity contribution in [3.05, 3.63) is 85.7 Å². The van der Waals surface area contributed by atoms with Crippen LogP contribution >= 0.6 is 23.2 Å². The summed E-state index contributed by atoms with van der Waals surface area (Å²) in [6, 6.07) is 9.74. The Hall–Kier alpha value is -3.09. The number of carboxylic acids is 1. The Bertz CT molecular complexity index is 1320. The van der Waals surface area contributed by atoms with E-state index in [-0.39, 0.29) is 23.7 Å². The lowest BCUT2D eigenvalue weighted by molar-refractivity contribution is -0.117. The summed E-state index contributed by atoms with van der Waals surface area (Å²) in [5.41, 5.74) is 4.83. The summed E-state index contributed by atoms with van der Waals surface area (Å²) in [5, 5.41) is 9.85. The van der Waals surface area contributed by atoms with Crippen molar-refractivity contribution >= 4 is 40.7 Å². The fourth-order valence-corrected chi connectivity index (χ4v) is 6.32. The molecule has 0 spiro atoms. The van der Waals surface area contributed by atoms with Crippen molar-refractivity contribution in [3.63, 3.8) is 0 Å². The van der Waals surface area contributed by atoms with Gasteiger partial charge in [-0.2, -0.15) is 0 Å². The van der Waals surface area contributed by atoms with Crippen LogP contribution in [0.4, 0.5) is 0 Å². The molecule has 0 aromatic heterocycles. The van der Waals surface area contributed by atoms with Crippen LogP contribution in [-0.2, 0) is 16.2 Å². The third-order valence-electron chi connectivity index (χ3n) is 7.33. The summed E-state index contributed by atoms with van der Waals surface area (Å²) in [4.78, 5) is 40.2. The normalized spacial score (nSPS) is 18.2. The van der Waals surface area contributed by atoms with Crippen molar-refractivity contribution in [1.82, 2.24) is 4.90 Å². The third-order valence-corrected chi connectivity index (χ3v) is 7.83. The number of rotatable bonds is 6. The number of benzene rings is 2. The van der Waals surface area contributed by atoms with Crippen LogP contribution in [0.1, 0.15) is 72.9 Å². The van der Waals surface area contributed by atoms with Crippen molar-refractivity contribution < 1.29 is 24.2 Å². The van der Waals surface area contributed by atoms with Crippen molar-refractivity contribution in [2.45, 2.75) is 58.0 Å². The second-order valence-electron chi connectivity index (χ2n) is 9.55. The highest BCUT2D eigenvalue weighted by molar-refractivity contribution is 6.35. The standard InChI is InChI=1S/C29H27Cl2NO5/c1-2-32-21-5-3-7-23(33)26(21)25(27-22(32)6-4-8-24(27)34)19-13-18(30)14-20(31)28(19)37-15-16-9-11-17(12-10-16)29(35)36/h9-14,25H,2-8,15H2,1H3,(H,35,36). The molecular weight excluding hydrogens is 513 g/mol. The lowest BCUT2D eigenvalue weighted by Crippen LogP contribution is -2.39. The first-order chi connectivity index (χ1) is 17.8. The van der Waals surface area contributed by atoms with Gasteiger partial charge in [0.1, 0.15) is 12.4 Å². The van der Waals surface area contributed by atoms with Crippen LogP contribution in [0.5, 0.6) is 5.75 Å². The van der Waals surface area contributed by atoms with E-state index in [9.17, 15) is 14.4 Å². The number of hydrogen-bond donors (Lipinski definition) is 1. The van der Waals surface area contributed by atoms with Gasteiger partial charge in [-0.25, -0.2) is 4.79 Å². The van der Waals surface area contributed by atoms with Gasteiger partial charge in [-0.15, -0.1) is 0 Å². The number of hydrogen-bond acceptors (Lipinski definition) is 5. The smallest absolute Gasteiger partial charge is 0.335 e. The first-order valence-corrected chi connectivity index (χ1v) is 13.3. The Morgan fingerprint density at radius 1 is 0.973 bits per heavy atom. The summed E-state index contributed by atoms with van der Waals surface area (Å²) in [6.45, 7) is 2.87. The molecule has 8 heteroatoms. The number of Topliss-reactive ketones (excluding diaryl/α,β-unsaturated/α-hetero) is 2. The van der Waals surface area contributed by atoms with Gasteiger partial charge >= 0.3 is 5.97 Å². The van der Waals surface area contributed by atoms with E-state index in [2.05, 4.69) is 4.90 Å². The molecule has 2 aliphatic carbocycles. The van der Waals surface area contributed by atoms with E-state index < -0.39 is 11.9 Å². The lowest BCUT2D eigenvalue weighted by Gasteiger charge is -2.43. The second kappa shape index (κ2) is 10.3. The highest BCUT2D eigenvalue weighted by atomic mass is 35.5. The van der Waals surface area contributed by atoms with Gasteiger partial charge in [0.15, 0.2) is 11.6 Å². The van der Waals surface area contributed by atoms with Crippen LogP contribution < -0.4 is 4.74 Å². The number of allylic oxidation sites excluding steroid dienone is 4. The molecule has 0 bridgehead atoms. The van der Waals surface area contributed by atoms with Gasteiger partial charge in [0.2, 0.25) is 0 Å². The summed E-state index contributed by atoms with van der Waals surface area (Å²) in [7, 11) is 0. The second-order valence-corrected chi connectivity index (χ2v) is 10.4. The Balaban J connectivity index is 1.63. The maximum Gasteiger partial charge on any atom is 0.335 e. The van der Waals surface area contributed by atoms with Gasteiger partial charge in [-0.05, 0) is 62.4 Å². The number of carbonyl (C=O) groups excluding carboxylic acids is 2. The summed E-state index contributed by atoms with van der Waals surface area (Å²) in [6.07, 6.45) is 3.98. The molecule has 0 saturated carbocycles. The average molecular weight is 540 g/mol. The van der Waals surface area contributed by atoms with E-state index in [1.165, 1.54) is 12.1 Å². The maximum atomic E-state index is 13.4. The SMILES string of the molecule is CCN1C2=C(C(=O)CCC2)C(c2cc(Cl)cc(Cl)c2OCc2ccc(C(=O)O)cc2)C2=C1CCCC2=O. The molecule has 1 aliphatic heterocycles. The van der Waals surface area contributed by atoms with Crippen LogP contribution in [0.25, 0.3) is 0 Å². The molecule has 0 saturated heterocycles. The number of carbonyl (C=O) groups is 3. The number of ketones is 2. The van der Waals surface area contributed by atoms with Crippen LogP contribution in [-0.4, -0.2) is 34.1 Å². The molecule has 5 rings (SSSR count). The van der Waals surface area contributed by atoms with Crippen molar-refractivity contribution in [3.8, 4) is 5.75 Å². The zero-order valence-electron chi connectivity index (χ0n) is 20.5. The minimum Gasteiger partial charge on any atom is -0.487 e. The van der Waals surface area contributed by atoms with E-state index in [0.29, 0.717) is 51.9 Å². The zero-order valence-corrected chi connectivity index (χ0v) is 22.0. The first kappa shape index (κ1) is 25.6. The Morgan fingerprint density at radius 3 is 2.11 bits per heavy atom. The molecular formula is C29H27Cl2NO5. The summed E-state index contributed by atoms with van der Waals surface area (Å²) in [5.74, 6) is -1.13. The van der Waals surface area contributed by atoms with E-state index in [0.717, 1.165) is 42.6 Å². The largest absolute Gasteiger partial charge is 0.487 e. The molecule has 0 radical (unpaired) electrons. The molecule has 1 N–H and O–H groups in total. The zero-order chi connectivity index (χ0) is 26.3. The van der Waals surface area contributed by atoms with E-state index in [1.807, 2.05) is 6.92 Å². The fraction of sp³-hybridized carbons (Fsp3) is 0.345. The van der Waals surface area contributed by atoms with E-state index in [1.54, 1.807) is 24.3 Å². The Labute approximate surface area is 225 Å². The molecule has 1 heterocycles. The minimum absolute atomic E-state index is 0.0425. The third kappa shape index (κ3) is 4.69. The number of nitrogens with zero attached hydrogens (tertiary/aromatic N) is 1. The quantitative estimate of drug-likeness (QED) is 0.439. The van der Waals surface area contributed by atoms with Gasteiger partial charge in [0.25, 0.3) is 0 Å². The highest BCUT2D eigenvalue weighted by Gasteiger charge is 2.44. The average Bonchev–Trinajstić information content (AvgIpc) is 2.87. The summed E-state index contributed by atoms with van der Waals surface area (Å²) >= 11 is 13.1. The molecule has 0 fully saturated rings. The van der Waals surface area contributed by atoms with Crippen molar-refractivity contribution in [2.24, 2.45) is 0 Å².